The van der Waals surface area contributed by atoms with Gasteiger partial charge in [0.1, 0.15) is 5.15 Å². The molecule has 0 saturated carbocycles. The molecule has 0 atom stereocenters. The summed E-state index contributed by atoms with van der Waals surface area (Å²) in [5.74, 6) is 0.817. The minimum absolute atomic E-state index is 0.316. The molecule has 6 heteroatoms. The Balaban J connectivity index is 2.55. The first-order chi connectivity index (χ1) is 6.66. The molecule has 0 spiro atoms. The van der Waals surface area contributed by atoms with Gasteiger partial charge in [0.05, 0.1) is 5.56 Å². The van der Waals surface area contributed by atoms with Gasteiger partial charge < -0.3 is 10.3 Å². The van der Waals surface area contributed by atoms with Crippen LogP contribution in [-0.2, 0) is 0 Å². The van der Waals surface area contributed by atoms with Gasteiger partial charge in [0.15, 0.2) is 11.6 Å². The Kier molecular flexibility index (Phi) is 2.43. The highest BCUT2D eigenvalue weighted by Crippen LogP contribution is 2.29. The van der Waals surface area contributed by atoms with Crippen LogP contribution in [0.3, 0.4) is 0 Å². The van der Waals surface area contributed by atoms with E-state index in [-0.39, 0.29) is 0 Å². The molecule has 0 aliphatic heterocycles. The van der Waals surface area contributed by atoms with E-state index in [1.54, 1.807) is 18.3 Å². The number of halogens is 2. The van der Waals surface area contributed by atoms with E-state index in [1.807, 2.05) is 0 Å². The lowest BCUT2D eigenvalue weighted by molar-refractivity contribution is 0.435. The highest BCUT2D eigenvalue weighted by molar-refractivity contribution is 9.10. The van der Waals surface area contributed by atoms with Gasteiger partial charge in [-0.15, -0.1) is 0 Å². The van der Waals surface area contributed by atoms with Crippen molar-refractivity contribution < 1.29 is 4.52 Å². The van der Waals surface area contributed by atoms with Gasteiger partial charge in [0, 0.05) is 16.7 Å². The molecule has 0 aliphatic rings. The van der Waals surface area contributed by atoms with Crippen LogP contribution in [0.15, 0.2) is 27.3 Å². The van der Waals surface area contributed by atoms with Crippen LogP contribution in [0.5, 0.6) is 0 Å². The molecule has 2 aromatic rings. The maximum Gasteiger partial charge on any atom is 0.172 e. The predicted molar refractivity (Wildman–Crippen MR) is 56.9 cm³/mol. The van der Waals surface area contributed by atoms with Gasteiger partial charge in [0.2, 0.25) is 0 Å². The monoisotopic (exact) mass is 273 g/mol. The molecule has 0 radical (unpaired) electrons. The van der Waals surface area contributed by atoms with E-state index in [1.165, 1.54) is 0 Å². The van der Waals surface area contributed by atoms with Crippen molar-refractivity contribution >= 4 is 33.3 Å². The summed E-state index contributed by atoms with van der Waals surface area (Å²) in [4.78, 5) is 3.95. The van der Waals surface area contributed by atoms with Crippen LogP contribution in [0.2, 0.25) is 5.15 Å². The molecule has 2 heterocycles. The SMILES string of the molecule is Nc1cc(-c2cc(Br)cnc2Cl)on1. The van der Waals surface area contributed by atoms with E-state index in [4.69, 9.17) is 21.9 Å². The van der Waals surface area contributed by atoms with E-state index >= 15 is 0 Å². The van der Waals surface area contributed by atoms with Crippen molar-refractivity contribution in [3.63, 3.8) is 0 Å². The topological polar surface area (TPSA) is 64.9 Å². The Morgan fingerprint density at radius 3 is 2.86 bits per heavy atom. The number of hydrogen-bond donors (Lipinski definition) is 1. The Morgan fingerprint density at radius 2 is 2.21 bits per heavy atom. The number of anilines is 1. The van der Waals surface area contributed by atoms with Crippen LogP contribution in [-0.4, -0.2) is 10.1 Å². The zero-order valence-electron chi connectivity index (χ0n) is 6.87. The van der Waals surface area contributed by atoms with E-state index < -0.39 is 0 Å². The molecule has 14 heavy (non-hydrogen) atoms. The molecule has 0 aromatic carbocycles. The van der Waals surface area contributed by atoms with E-state index in [0.29, 0.717) is 22.3 Å². The number of hydrogen-bond acceptors (Lipinski definition) is 4. The van der Waals surface area contributed by atoms with Crippen LogP contribution < -0.4 is 5.73 Å². The molecule has 0 fully saturated rings. The molecule has 2 N–H and O–H groups in total. The number of nitrogens with zero attached hydrogens (tertiary/aromatic N) is 2. The third-order valence-electron chi connectivity index (χ3n) is 1.60. The van der Waals surface area contributed by atoms with Gasteiger partial charge in [-0.3, -0.25) is 0 Å². The Labute approximate surface area is 93.2 Å². The second kappa shape index (κ2) is 3.59. The third-order valence-corrected chi connectivity index (χ3v) is 2.33. The summed E-state index contributed by atoms with van der Waals surface area (Å²) in [5.41, 5.74) is 6.08. The summed E-state index contributed by atoms with van der Waals surface area (Å²) < 4.78 is 5.78. The zero-order chi connectivity index (χ0) is 10.1. The number of nitrogens with two attached hydrogens (primary N) is 1. The molecular formula is C8H5BrClN3O. The van der Waals surface area contributed by atoms with Crippen molar-refractivity contribution in [3.8, 4) is 11.3 Å². The molecule has 2 aromatic heterocycles. The zero-order valence-corrected chi connectivity index (χ0v) is 9.21. The number of rotatable bonds is 1. The van der Waals surface area contributed by atoms with Gasteiger partial charge in [-0.25, -0.2) is 4.98 Å². The van der Waals surface area contributed by atoms with Crippen LogP contribution >= 0.6 is 27.5 Å². The summed E-state index contributed by atoms with van der Waals surface area (Å²) in [5, 5.41) is 3.92. The van der Waals surface area contributed by atoms with E-state index in [0.717, 1.165) is 4.47 Å². The molecule has 72 valence electrons. The summed E-state index contributed by atoms with van der Waals surface area (Å²) in [7, 11) is 0. The van der Waals surface area contributed by atoms with Crippen molar-refractivity contribution in [2.75, 3.05) is 5.73 Å². The summed E-state index contributed by atoms with van der Waals surface area (Å²) in [6.07, 6.45) is 1.60. The third kappa shape index (κ3) is 1.73. The second-order valence-electron chi connectivity index (χ2n) is 2.61. The average Bonchev–Trinajstić information content (AvgIpc) is 2.56. The Hall–Kier alpha value is -1.07. The van der Waals surface area contributed by atoms with Crippen molar-refractivity contribution in [3.05, 3.63) is 28.0 Å². The molecule has 0 saturated heterocycles. The smallest absolute Gasteiger partial charge is 0.172 e. The molecule has 0 unspecified atom stereocenters. The van der Waals surface area contributed by atoms with E-state index in [2.05, 4.69) is 26.1 Å². The summed E-state index contributed by atoms with van der Waals surface area (Å²) in [6, 6.07) is 3.38. The van der Waals surface area contributed by atoms with Crippen LogP contribution in [0.1, 0.15) is 0 Å². The van der Waals surface area contributed by atoms with Crippen molar-refractivity contribution in [2.45, 2.75) is 0 Å². The summed E-state index contributed by atoms with van der Waals surface area (Å²) >= 11 is 9.17. The highest BCUT2D eigenvalue weighted by atomic mass is 79.9. The number of aromatic nitrogens is 2. The fourth-order valence-corrected chi connectivity index (χ4v) is 1.54. The highest BCUT2D eigenvalue weighted by Gasteiger charge is 2.10. The van der Waals surface area contributed by atoms with Crippen LogP contribution in [0.25, 0.3) is 11.3 Å². The fraction of sp³-hybridized carbons (Fsp3) is 0. The minimum atomic E-state index is 0.316. The van der Waals surface area contributed by atoms with Gasteiger partial charge in [-0.05, 0) is 22.0 Å². The molecule has 0 amide bonds. The maximum absolute atomic E-state index is 5.88. The van der Waals surface area contributed by atoms with Gasteiger partial charge in [0.25, 0.3) is 0 Å². The van der Waals surface area contributed by atoms with Crippen LogP contribution in [0.4, 0.5) is 5.82 Å². The van der Waals surface area contributed by atoms with E-state index in [9.17, 15) is 0 Å². The molecule has 0 bridgehead atoms. The number of pyridine rings is 1. The molecule has 2 rings (SSSR count). The molecule has 0 aliphatic carbocycles. The Bertz CT molecular complexity index is 471. The minimum Gasteiger partial charge on any atom is -0.381 e. The normalized spacial score (nSPS) is 10.4. The van der Waals surface area contributed by atoms with Crippen LogP contribution in [0, 0.1) is 0 Å². The van der Waals surface area contributed by atoms with Gasteiger partial charge in [-0.2, -0.15) is 0 Å². The van der Waals surface area contributed by atoms with Crippen molar-refractivity contribution in [1.82, 2.24) is 10.1 Å². The fourth-order valence-electron chi connectivity index (χ4n) is 1.01. The Morgan fingerprint density at radius 1 is 1.43 bits per heavy atom. The first-order valence-electron chi connectivity index (χ1n) is 3.70. The molecule has 4 nitrogen and oxygen atoms in total. The lowest BCUT2D eigenvalue weighted by Gasteiger charge is -1.98. The van der Waals surface area contributed by atoms with Gasteiger partial charge >= 0.3 is 0 Å². The predicted octanol–water partition coefficient (Wildman–Crippen LogP) is 2.73. The summed E-state index contributed by atoms with van der Waals surface area (Å²) in [6.45, 7) is 0. The molecular weight excluding hydrogens is 269 g/mol. The first kappa shape index (κ1) is 9.48. The second-order valence-corrected chi connectivity index (χ2v) is 3.88. The lowest BCUT2D eigenvalue weighted by Crippen LogP contribution is -1.82. The van der Waals surface area contributed by atoms with Crippen molar-refractivity contribution in [2.24, 2.45) is 0 Å². The standard InChI is InChI=1S/C8H5BrClN3O/c9-4-1-5(8(10)12-3-4)6-2-7(11)13-14-6/h1-3H,(H2,11,13). The maximum atomic E-state index is 5.88. The average molecular weight is 275 g/mol. The largest absolute Gasteiger partial charge is 0.381 e. The first-order valence-corrected chi connectivity index (χ1v) is 4.87. The lowest BCUT2D eigenvalue weighted by atomic mass is 10.2. The van der Waals surface area contributed by atoms with Crippen molar-refractivity contribution in [1.29, 1.82) is 0 Å². The van der Waals surface area contributed by atoms with Gasteiger partial charge in [-0.1, -0.05) is 16.8 Å². The number of nitrogen functional groups attached to an aromatic ring is 1. The quantitative estimate of drug-likeness (QED) is 0.812.